The third-order valence-electron chi connectivity index (χ3n) is 1.06. The fourth-order valence-corrected chi connectivity index (χ4v) is 1.89. The molecule has 0 N–H and O–H groups in total. The van der Waals surface area contributed by atoms with E-state index in [0.717, 1.165) is 6.08 Å². The summed E-state index contributed by atoms with van der Waals surface area (Å²) in [6.07, 6.45) is 0.889. The largest absolute Gasteiger partial charge is 0.383 e. The Morgan fingerprint density at radius 2 is 2.08 bits per heavy atom. The smallest absolute Gasteiger partial charge is 0.281 e. The lowest BCUT2D eigenvalue weighted by atomic mass is 10.5. The summed E-state index contributed by atoms with van der Waals surface area (Å²) in [5.41, 5.74) is 0. The number of hydrogen-bond acceptors (Lipinski definition) is 4. The summed E-state index contributed by atoms with van der Waals surface area (Å²) in [5, 5.41) is -0.964. The third-order valence-corrected chi connectivity index (χ3v) is 3.92. The third kappa shape index (κ3) is 4.06. The average Bonchev–Trinajstić information content (AvgIpc) is 2.03. The lowest BCUT2D eigenvalue weighted by Gasteiger charge is -2.11. The van der Waals surface area contributed by atoms with Crippen LogP contribution in [0.15, 0.2) is 4.40 Å². The molecule has 0 spiro atoms. The predicted molar refractivity (Wildman–Crippen MR) is 48.2 cm³/mol. The van der Waals surface area contributed by atoms with Crippen molar-refractivity contribution in [2.24, 2.45) is 4.40 Å². The Kier molecular flexibility index (Phi) is 5.51. The number of alkyl halides is 2. The van der Waals surface area contributed by atoms with Crippen molar-refractivity contribution in [1.82, 2.24) is 0 Å². The molecule has 0 aromatic carbocycles. The van der Waals surface area contributed by atoms with Gasteiger partial charge in [-0.3, -0.25) is 0 Å². The Bertz CT molecular complexity index is 298. The zero-order chi connectivity index (χ0) is 10.5. The Morgan fingerprint density at radius 1 is 1.54 bits per heavy atom. The van der Waals surface area contributed by atoms with Gasteiger partial charge in [-0.15, -0.1) is 23.2 Å². The van der Waals surface area contributed by atoms with Gasteiger partial charge in [0.05, 0.1) is 12.0 Å². The molecular weight excluding hydrogens is 241 g/mol. The van der Waals surface area contributed by atoms with Crippen LogP contribution in [0, 0.1) is 0 Å². The van der Waals surface area contributed by atoms with Gasteiger partial charge in [-0.05, 0) is 0 Å². The van der Waals surface area contributed by atoms with Gasteiger partial charge in [-0.2, -0.15) is 0 Å². The second kappa shape index (κ2) is 5.57. The molecule has 5 nitrogen and oxygen atoms in total. The summed E-state index contributed by atoms with van der Waals surface area (Å²) in [6, 6.07) is 0. The number of hydrogen-bond donors (Lipinski definition) is 0. The lowest BCUT2D eigenvalue weighted by Crippen LogP contribution is -2.27. The molecule has 0 saturated heterocycles. The second-order valence-corrected chi connectivity index (χ2v) is 5.03. The molecule has 0 bridgehead atoms. The van der Waals surface area contributed by atoms with Crippen LogP contribution in [0.5, 0.6) is 0 Å². The summed E-state index contributed by atoms with van der Waals surface area (Å²) in [6.45, 7) is -0.0523. The Morgan fingerprint density at radius 3 is 2.46 bits per heavy atom. The van der Waals surface area contributed by atoms with Crippen molar-refractivity contribution in [3.8, 4) is 0 Å². The van der Waals surface area contributed by atoms with Crippen molar-refractivity contribution in [2.45, 2.75) is 10.1 Å². The Labute approximate surface area is 85.7 Å². The van der Waals surface area contributed by atoms with Crippen molar-refractivity contribution < 1.29 is 17.9 Å². The maximum absolute atomic E-state index is 10.9. The molecule has 0 aromatic rings. The molecular formula is C5H7Cl2NO4S. The molecule has 8 heteroatoms. The van der Waals surface area contributed by atoms with E-state index in [9.17, 15) is 13.2 Å². The highest BCUT2D eigenvalue weighted by atomic mass is 35.5. The average molecular weight is 248 g/mol. The standard InChI is InChI=1S/C5H7Cl2NO4S/c1-12-2-4(6)5(7)13(10,11)8-3-9/h4-5H,2H2,1H3. The highest BCUT2D eigenvalue weighted by Gasteiger charge is 2.30. The SMILES string of the molecule is COCC(Cl)C(Cl)S(=O)(=O)N=C=O. The number of sulfonamides is 1. The van der Waals surface area contributed by atoms with Gasteiger partial charge in [0.2, 0.25) is 0 Å². The first-order valence-electron chi connectivity index (χ1n) is 3.05. The summed E-state index contributed by atoms with van der Waals surface area (Å²) in [5.74, 6) is 0. The van der Waals surface area contributed by atoms with E-state index in [1.54, 1.807) is 0 Å². The number of carbonyl (C=O) groups excluding carboxylic acids is 1. The van der Waals surface area contributed by atoms with Gasteiger partial charge < -0.3 is 4.74 Å². The molecule has 2 unspecified atom stereocenters. The minimum Gasteiger partial charge on any atom is -0.383 e. The van der Waals surface area contributed by atoms with E-state index in [1.807, 2.05) is 0 Å². The van der Waals surface area contributed by atoms with Crippen molar-refractivity contribution in [1.29, 1.82) is 0 Å². The highest BCUT2D eigenvalue weighted by Crippen LogP contribution is 2.18. The van der Waals surface area contributed by atoms with Crippen LogP contribution in [0.2, 0.25) is 0 Å². The van der Waals surface area contributed by atoms with Crippen LogP contribution in [0.4, 0.5) is 0 Å². The van der Waals surface area contributed by atoms with Gasteiger partial charge in [0.1, 0.15) is 0 Å². The van der Waals surface area contributed by atoms with Gasteiger partial charge in [-0.1, -0.05) is 4.40 Å². The second-order valence-electron chi connectivity index (χ2n) is 2.02. The molecule has 0 heterocycles. The van der Waals surface area contributed by atoms with E-state index in [-0.39, 0.29) is 6.61 Å². The number of isocyanates is 1. The van der Waals surface area contributed by atoms with Crippen LogP contribution in [0.25, 0.3) is 0 Å². The zero-order valence-corrected chi connectivity index (χ0v) is 8.93. The van der Waals surface area contributed by atoms with Crippen molar-refractivity contribution >= 4 is 39.3 Å². The number of halogens is 2. The topological polar surface area (TPSA) is 72.8 Å². The van der Waals surface area contributed by atoms with Crippen LogP contribution in [0.1, 0.15) is 0 Å². The van der Waals surface area contributed by atoms with E-state index in [1.165, 1.54) is 7.11 Å². The molecule has 0 saturated carbocycles. The summed E-state index contributed by atoms with van der Waals surface area (Å²) < 4.78 is 27.5. The molecule has 0 amide bonds. The van der Waals surface area contributed by atoms with Gasteiger partial charge in [0, 0.05) is 7.11 Å². The maximum Gasteiger partial charge on any atom is 0.281 e. The molecule has 76 valence electrons. The summed E-state index contributed by atoms with van der Waals surface area (Å²) in [4.78, 5) is 9.70. The zero-order valence-electron chi connectivity index (χ0n) is 6.61. The van der Waals surface area contributed by atoms with Crippen LogP contribution < -0.4 is 0 Å². The van der Waals surface area contributed by atoms with Gasteiger partial charge in [-0.25, -0.2) is 13.2 Å². The monoisotopic (exact) mass is 247 g/mol. The van der Waals surface area contributed by atoms with Crippen molar-refractivity contribution in [2.75, 3.05) is 13.7 Å². The van der Waals surface area contributed by atoms with Crippen molar-refractivity contribution in [3.63, 3.8) is 0 Å². The van der Waals surface area contributed by atoms with E-state index in [2.05, 4.69) is 9.13 Å². The first-order chi connectivity index (χ1) is 5.95. The molecule has 0 aliphatic carbocycles. The predicted octanol–water partition coefficient (Wildman–Crippen LogP) is 0.471. The minimum absolute atomic E-state index is 0.0523. The van der Waals surface area contributed by atoms with Crippen LogP contribution in [-0.4, -0.2) is 38.3 Å². The normalized spacial score (nSPS) is 15.9. The van der Waals surface area contributed by atoms with E-state index >= 15 is 0 Å². The van der Waals surface area contributed by atoms with Crippen LogP contribution in [0.3, 0.4) is 0 Å². The fourth-order valence-electron chi connectivity index (χ4n) is 0.524. The first kappa shape index (κ1) is 12.9. The molecule has 0 fully saturated rings. The van der Waals surface area contributed by atoms with Gasteiger partial charge in [0.15, 0.2) is 4.71 Å². The Balaban J connectivity index is 4.58. The van der Waals surface area contributed by atoms with Gasteiger partial charge in [0.25, 0.3) is 16.1 Å². The van der Waals surface area contributed by atoms with Crippen LogP contribution >= 0.6 is 23.2 Å². The molecule has 0 aliphatic rings. The quantitative estimate of drug-likeness (QED) is 0.402. The van der Waals surface area contributed by atoms with Crippen LogP contribution in [-0.2, 0) is 19.6 Å². The molecule has 0 rings (SSSR count). The number of rotatable bonds is 5. The molecule has 0 aromatic heterocycles. The lowest BCUT2D eigenvalue weighted by molar-refractivity contribution is 0.200. The molecule has 13 heavy (non-hydrogen) atoms. The molecule has 0 radical (unpaired) electrons. The first-order valence-corrected chi connectivity index (χ1v) is 5.43. The molecule has 0 aliphatic heterocycles. The minimum atomic E-state index is -4.08. The van der Waals surface area contributed by atoms with E-state index in [4.69, 9.17) is 23.2 Å². The highest BCUT2D eigenvalue weighted by molar-refractivity contribution is 7.92. The fraction of sp³-hybridized carbons (Fsp3) is 0.800. The van der Waals surface area contributed by atoms with Gasteiger partial charge >= 0.3 is 0 Å². The maximum atomic E-state index is 10.9. The van der Waals surface area contributed by atoms with E-state index in [0.29, 0.717) is 0 Å². The molecule has 2 atom stereocenters. The number of methoxy groups -OCH3 is 1. The van der Waals surface area contributed by atoms with Crippen molar-refractivity contribution in [3.05, 3.63) is 0 Å². The Hall–Kier alpha value is -0.130. The summed E-state index contributed by atoms with van der Waals surface area (Å²) in [7, 11) is -2.74. The van der Waals surface area contributed by atoms with E-state index < -0.39 is 20.1 Å². The summed E-state index contributed by atoms with van der Waals surface area (Å²) >= 11 is 10.9. The number of ether oxygens (including phenoxy) is 1. The number of nitrogens with zero attached hydrogens (tertiary/aromatic N) is 1.